The first-order chi connectivity index (χ1) is 10.4. The van der Waals surface area contributed by atoms with Crippen LogP contribution < -0.4 is 0 Å². The van der Waals surface area contributed by atoms with Crippen LogP contribution in [0, 0.1) is 0 Å². The summed E-state index contributed by atoms with van der Waals surface area (Å²) in [4.78, 5) is 0. The van der Waals surface area contributed by atoms with E-state index in [0.717, 1.165) is 0 Å². The van der Waals surface area contributed by atoms with Crippen molar-refractivity contribution in [3.8, 4) is 0 Å². The lowest BCUT2D eigenvalue weighted by Gasteiger charge is -2.18. The smallest absolute Gasteiger partial charge is 0.114 e. The molecule has 0 spiro atoms. The lowest BCUT2D eigenvalue weighted by molar-refractivity contribution is -0.0684. The molecule has 132 valence electrons. The minimum absolute atomic E-state index is 0.00287. The lowest BCUT2D eigenvalue weighted by atomic mass is 10.1. The van der Waals surface area contributed by atoms with Gasteiger partial charge in [-0.2, -0.15) is 0 Å². The molecule has 2 rings (SSSR count). The predicted molar refractivity (Wildman–Crippen MR) is 69.7 cm³/mol. The normalized spacial score (nSPS) is 42.8. The molecule has 0 aromatic heterocycles. The van der Waals surface area contributed by atoms with Gasteiger partial charge in [0.25, 0.3) is 0 Å². The molecule has 0 aliphatic carbocycles. The highest BCUT2D eigenvalue weighted by Gasteiger charge is 2.41. The van der Waals surface area contributed by atoms with E-state index in [2.05, 4.69) is 0 Å². The largest absolute Gasteiger partial charge is 0.394 e. The number of aliphatic hydroxyl groups excluding tert-OH is 8. The molecule has 8 atom stereocenters. The SMILES string of the molecule is OC[C@@H](O)C1OC[C@@H](O)[C@@H]1O.OC[C@@H]1O[C@H](CO)[C@@H](O)[C@@H]1O. The minimum atomic E-state index is -1.12. The fourth-order valence-corrected chi connectivity index (χ4v) is 2.20. The van der Waals surface area contributed by atoms with Crippen molar-refractivity contribution in [2.24, 2.45) is 0 Å². The Balaban J connectivity index is 0.000000220. The standard InChI is InChI=1S/2C6H12O5/c7-1-3(8)6-5(10)4(9)2-11-6;7-1-3-5(9)6(10)4(2-8)11-3/h2*3-10H,1-2H2/t3-,4-,5+,6?;3-,4+,5-,6-/m11/s1. The highest BCUT2D eigenvalue weighted by molar-refractivity contribution is 4.89. The molecule has 2 fully saturated rings. The van der Waals surface area contributed by atoms with Gasteiger partial charge in [0.05, 0.1) is 26.4 Å². The summed E-state index contributed by atoms with van der Waals surface area (Å²) in [5.74, 6) is 0. The van der Waals surface area contributed by atoms with Gasteiger partial charge in [-0.15, -0.1) is 0 Å². The minimum Gasteiger partial charge on any atom is -0.394 e. The van der Waals surface area contributed by atoms with Crippen LogP contribution in [-0.2, 0) is 9.47 Å². The van der Waals surface area contributed by atoms with Gasteiger partial charge >= 0.3 is 0 Å². The van der Waals surface area contributed by atoms with Crippen LogP contribution in [0.25, 0.3) is 0 Å². The van der Waals surface area contributed by atoms with E-state index in [1.807, 2.05) is 0 Å². The molecule has 0 amide bonds. The number of hydrogen-bond acceptors (Lipinski definition) is 10. The molecule has 2 saturated heterocycles. The van der Waals surface area contributed by atoms with E-state index >= 15 is 0 Å². The van der Waals surface area contributed by atoms with Gasteiger partial charge in [0.15, 0.2) is 0 Å². The second-order valence-corrected chi connectivity index (χ2v) is 5.17. The zero-order chi connectivity index (χ0) is 16.9. The van der Waals surface area contributed by atoms with Crippen molar-refractivity contribution in [1.82, 2.24) is 0 Å². The molecule has 0 bridgehead atoms. The summed E-state index contributed by atoms with van der Waals surface area (Å²) in [7, 11) is 0. The third kappa shape index (κ3) is 4.55. The maximum absolute atomic E-state index is 9.11. The molecular formula is C12H24O10. The van der Waals surface area contributed by atoms with Gasteiger partial charge < -0.3 is 50.3 Å². The molecule has 2 aliphatic rings. The summed E-state index contributed by atoms with van der Waals surface area (Å²) < 4.78 is 9.70. The van der Waals surface area contributed by atoms with Gasteiger partial charge in [-0.1, -0.05) is 0 Å². The van der Waals surface area contributed by atoms with Gasteiger partial charge in [-0.25, -0.2) is 0 Å². The van der Waals surface area contributed by atoms with E-state index in [0.29, 0.717) is 0 Å². The van der Waals surface area contributed by atoms with E-state index in [9.17, 15) is 0 Å². The molecule has 10 nitrogen and oxygen atoms in total. The Kier molecular flexibility index (Phi) is 8.07. The van der Waals surface area contributed by atoms with Crippen LogP contribution in [0.2, 0.25) is 0 Å². The van der Waals surface area contributed by atoms with Crippen molar-refractivity contribution < 1.29 is 50.3 Å². The fourth-order valence-electron chi connectivity index (χ4n) is 2.20. The third-order valence-corrected chi connectivity index (χ3v) is 3.58. The van der Waals surface area contributed by atoms with E-state index in [1.54, 1.807) is 0 Å². The van der Waals surface area contributed by atoms with Gasteiger partial charge in [-0.3, -0.25) is 0 Å². The summed E-state index contributed by atoms with van der Waals surface area (Å²) in [6.45, 7) is -1.18. The lowest BCUT2D eigenvalue weighted by Crippen LogP contribution is -2.40. The Morgan fingerprint density at radius 3 is 1.64 bits per heavy atom. The Hall–Kier alpha value is -0.400. The number of aliphatic hydroxyl groups is 8. The summed E-state index contributed by atoms with van der Waals surface area (Å²) in [6.07, 6.45) is -7.80. The van der Waals surface area contributed by atoms with E-state index in [4.69, 9.17) is 50.3 Å². The zero-order valence-electron chi connectivity index (χ0n) is 11.8. The third-order valence-electron chi connectivity index (χ3n) is 3.58. The molecule has 2 aliphatic heterocycles. The van der Waals surface area contributed by atoms with Crippen molar-refractivity contribution >= 4 is 0 Å². The molecular weight excluding hydrogens is 304 g/mol. The topological polar surface area (TPSA) is 180 Å². The quantitative estimate of drug-likeness (QED) is 0.249. The highest BCUT2D eigenvalue weighted by Crippen LogP contribution is 2.20. The van der Waals surface area contributed by atoms with Crippen molar-refractivity contribution in [3.05, 3.63) is 0 Å². The average molecular weight is 328 g/mol. The van der Waals surface area contributed by atoms with E-state index < -0.39 is 55.4 Å². The Morgan fingerprint density at radius 2 is 1.36 bits per heavy atom. The maximum Gasteiger partial charge on any atom is 0.114 e. The summed E-state index contributed by atoms with van der Waals surface area (Å²) >= 11 is 0. The summed E-state index contributed by atoms with van der Waals surface area (Å²) in [5, 5.41) is 70.9. The molecule has 0 aromatic rings. The van der Waals surface area contributed by atoms with Crippen molar-refractivity contribution in [1.29, 1.82) is 0 Å². The van der Waals surface area contributed by atoms with Crippen molar-refractivity contribution in [3.63, 3.8) is 0 Å². The number of hydrogen-bond donors (Lipinski definition) is 8. The second kappa shape index (κ2) is 9.03. The Morgan fingerprint density at radius 1 is 0.864 bits per heavy atom. The van der Waals surface area contributed by atoms with Crippen LogP contribution in [0.4, 0.5) is 0 Å². The van der Waals surface area contributed by atoms with Crippen molar-refractivity contribution in [2.75, 3.05) is 26.4 Å². The van der Waals surface area contributed by atoms with Gasteiger partial charge in [0.1, 0.15) is 48.8 Å². The maximum atomic E-state index is 9.11. The van der Waals surface area contributed by atoms with Gasteiger partial charge in [0.2, 0.25) is 0 Å². The summed E-state index contributed by atoms with van der Waals surface area (Å²) in [6, 6.07) is 0. The van der Waals surface area contributed by atoms with Crippen LogP contribution in [0.3, 0.4) is 0 Å². The first-order valence-electron chi connectivity index (χ1n) is 6.87. The molecule has 8 N–H and O–H groups in total. The van der Waals surface area contributed by atoms with Crippen LogP contribution in [0.1, 0.15) is 0 Å². The van der Waals surface area contributed by atoms with Gasteiger partial charge in [-0.05, 0) is 0 Å². The van der Waals surface area contributed by atoms with Crippen LogP contribution >= 0.6 is 0 Å². The molecule has 1 unspecified atom stereocenters. The van der Waals surface area contributed by atoms with Crippen molar-refractivity contribution in [2.45, 2.75) is 48.8 Å². The summed E-state index contributed by atoms with van der Waals surface area (Å²) in [5.41, 5.74) is 0. The Bertz CT molecular complexity index is 298. The molecule has 0 radical (unpaired) electrons. The van der Waals surface area contributed by atoms with Crippen LogP contribution in [0.15, 0.2) is 0 Å². The van der Waals surface area contributed by atoms with Gasteiger partial charge in [0, 0.05) is 0 Å². The second-order valence-electron chi connectivity index (χ2n) is 5.17. The molecule has 22 heavy (non-hydrogen) atoms. The van der Waals surface area contributed by atoms with E-state index in [1.165, 1.54) is 0 Å². The Labute approximate surface area is 126 Å². The van der Waals surface area contributed by atoms with Crippen LogP contribution in [0.5, 0.6) is 0 Å². The molecule has 0 aromatic carbocycles. The molecule has 10 heteroatoms. The average Bonchev–Trinajstić information content (AvgIpc) is 3.00. The highest BCUT2D eigenvalue weighted by atomic mass is 16.6. The number of rotatable bonds is 4. The van der Waals surface area contributed by atoms with Crippen LogP contribution in [-0.4, -0.2) is 116 Å². The predicted octanol–water partition coefficient (Wildman–Crippen LogP) is -5.08. The number of ether oxygens (including phenoxy) is 2. The molecule has 0 saturated carbocycles. The first kappa shape index (κ1) is 19.6. The monoisotopic (exact) mass is 328 g/mol. The molecule has 2 heterocycles. The van der Waals surface area contributed by atoms with E-state index in [-0.39, 0.29) is 19.8 Å². The zero-order valence-corrected chi connectivity index (χ0v) is 11.8. The first-order valence-corrected chi connectivity index (χ1v) is 6.87. The fraction of sp³-hybridized carbons (Fsp3) is 1.00.